The van der Waals surface area contributed by atoms with Crippen LogP contribution in [-0.4, -0.2) is 17.8 Å². The summed E-state index contributed by atoms with van der Waals surface area (Å²) in [5, 5.41) is 12.7. The van der Waals surface area contributed by atoms with Crippen molar-refractivity contribution in [2.75, 3.05) is 11.9 Å². The van der Waals surface area contributed by atoms with E-state index in [2.05, 4.69) is 5.32 Å². The highest BCUT2D eigenvalue weighted by Gasteiger charge is 2.55. The Labute approximate surface area is 161 Å². The van der Waals surface area contributed by atoms with Crippen molar-refractivity contribution < 1.29 is 35.8 Å². The van der Waals surface area contributed by atoms with Gasteiger partial charge in [-0.05, 0) is 59.9 Å². The van der Waals surface area contributed by atoms with E-state index in [0.717, 1.165) is 11.1 Å². The number of alkyl halides is 6. The summed E-state index contributed by atoms with van der Waals surface area (Å²) in [4.78, 5) is 0. The van der Waals surface area contributed by atoms with Gasteiger partial charge in [0.05, 0.1) is 12.1 Å². The van der Waals surface area contributed by atoms with Crippen molar-refractivity contribution in [1.29, 1.82) is 0 Å². The number of hydrogen-bond donors (Lipinski definition) is 3. The molecule has 29 heavy (non-hydrogen) atoms. The number of rotatable bonds is 4. The van der Waals surface area contributed by atoms with Crippen LogP contribution in [0.1, 0.15) is 34.7 Å². The molecule has 0 unspecified atom stereocenters. The van der Waals surface area contributed by atoms with Crippen LogP contribution in [0, 0.1) is 5.82 Å². The second kappa shape index (κ2) is 7.17. The lowest BCUT2D eigenvalue weighted by molar-refractivity contribution is -0.260. The second-order valence-corrected chi connectivity index (χ2v) is 7.00. The first-order valence-corrected chi connectivity index (χ1v) is 8.61. The van der Waals surface area contributed by atoms with Gasteiger partial charge in [-0.3, -0.25) is 0 Å². The van der Waals surface area contributed by atoms with Crippen LogP contribution in [0.4, 0.5) is 36.4 Å². The number of aliphatic hydroxyl groups is 1. The molecule has 158 valence electrons. The van der Waals surface area contributed by atoms with Crippen LogP contribution in [0.3, 0.4) is 0 Å². The predicted molar refractivity (Wildman–Crippen MR) is 91.5 cm³/mol. The van der Waals surface area contributed by atoms with Gasteiger partial charge in [0.2, 0.25) is 5.60 Å². The van der Waals surface area contributed by atoms with Crippen LogP contribution in [0.5, 0.6) is 0 Å². The van der Waals surface area contributed by atoms with E-state index in [1.807, 2.05) is 0 Å². The topological polar surface area (TPSA) is 58.3 Å². The van der Waals surface area contributed by atoms with Crippen molar-refractivity contribution >= 4 is 5.69 Å². The molecule has 0 saturated heterocycles. The largest absolute Gasteiger partial charge is 0.423 e. The standard InChI is InChI=1S/C19H17F7N2O/c20-13-7-11(6-12(8-13)18(21,22)23)17(29,19(24,25)26)9-28-14-2-3-15-10(5-14)1-4-16(15)27/h2-3,5-8,16,28-29H,1,4,9,27H2/t16-,17-/m0/s1. The lowest BCUT2D eigenvalue weighted by Gasteiger charge is -2.32. The van der Waals surface area contributed by atoms with Gasteiger partial charge in [0.15, 0.2) is 0 Å². The summed E-state index contributed by atoms with van der Waals surface area (Å²) in [5.74, 6) is -1.54. The van der Waals surface area contributed by atoms with Crippen molar-refractivity contribution in [3.63, 3.8) is 0 Å². The normalized spacial score (nSPS) is 19.0. The Morgan fingerprint density at radius 3 is 2.28 bits per heavy atom. The minimum absolute atomic E-state index is 0.0669. The molecule has 0 bridgehead atoms. The molecule has 0 amide bonds. The molecule has 2 aromatic carbocycles. The fourth-order valence-electron chi connectivity index (χ4n) is 3.35. The average Bonchev–Trinajstić information content (AvgIpc) is 2.98. The fourth-order valence-corrected chi connectivity index (χ4v) is 3.35. The van der Waals surface area contributed by atoms with Gasteiger partial charge in [-0.15, -0.1) is 0 Å². The monoisotopic (exact) mass is 422 g/mol. The van der Waals surface area contributed by atoms with Gasteiger partial charge in [0, 0.05) is 11.7 Å². The summed E-state index contributed by atoms with van der Waals surface area (Å²) in [6.07, 6.45) is -9.12. The summed E-state index contributed by atoms with van der Waals surface area (Å²) in [5.41, 5.74) is 1.22. The summed E-state index contributed by atoms with van der Waals surface area (Å²) in [6.45, 7) is -1.21. The Morgan fingerprint density at radius 1 is 1.00 bits per heavy atom. The maximum Gasteiger partial charge on any atom is 0.423 e. The number of halogens is 7. The van der Waals surface area contributed by atoms with Gasteiger partial charge >= 0.3 is 12.4 Å². The highest BCUT2D eigenvalue weighted by molar-refractivity contribution is 5.51. The molecule has 0 spiro atoms. The third-order valence-corrected chi connectivity index (χ3v) is 4.99. The van der Waals surface area contributed by atoms with E-state index < -0.39 is 41.4 Å². The Kier molecular flexibility index (Phi) is 5.29. The highest BCUT2D eigenvalue weighted by Crippen LogP contribution is 2.42. The SMILES string of the molecule is N[C@H]1CCc2cc(NC[C@](O)(c3cc(F)cc(C(F)(F)F)c3)C(F)(F)F)ccc21. The molecule has 0 saturated carbocycles. The Hall–Kier alpha value is -2.33. The van der Waals surface area contributed by atoms with Crippen molar-refractivity contribution in [3.8, 4) is 0 Å². The first kappa shape index (κ1) is 21.4. The zero-order chi connectivity index (χ0) is 21.6. The smallest absolute Gasteiger partial charge is 0.381 e. The molecule has 2 aromatic rings. The van der Waals surface area contributed by atoms with E-state index in [1.54, 1.807) is 12.1 Å². The summed E-state index contributed by atoms with van der Waals surface area (Å²) >= 11 is 0. The van der Waals surface area contributed by atoms with Crippen LogP contribution in [0.15, 0.2) is 36.4 Å². The molecule has 10 heteroatoms. The number of fused-ring (bicyclic) bond motifs is 1. The van der Waals surface area contributed by atoms with Crippen LogP contribution in [0.2, 0.25) is 0 Å². The first-order valence-electron chi connectivity index (χ1n) is 8.61. The lowest BCUT2D eigenvalue weighted by Crippen LogP contribution is -2.48. The van der Waals surface area contributed by atoms with Crippen molar-refractivity contribution in [1.82, 2.24) is 0 Å². The van der Waals surface area contributed by atoms with Gasteiger partial charge in [0.1, 0.15) is 5.82 Å². The summed E-state index contributed by atoms with van der Waals surface area (Å²) in [6, 6.07) is 4.92. The van der Waals surface area contributed by atoms with Crippen molar-refractivity contribution in [3.05, 3.63) is 64.5 Å². The third kappa shape index (κ3) is 4.18. The average molecular weight is 422 g/mol. The number of hydrogen-bond acceptors (Lipinski definition) is 3. The number of nitrogens with two attached hydrogens (primary N) is 1. The van der Waals surface area contributed by atoms with Crippen LogP contribution >= 0.6 is 0 Å². The minimum Gasteiger partial charge on any atom is -0.381 e. The van der Waals surface area contributed by atoms with Crippen LogP contribution in [0.25, 0.3) is 0 Å². The summed E-state index contributed by atoms with van der Waals surface area (Å²) in [7, 11) is 0. The van der Waals surface area contributed by atoms with E-state index in [-0.39, 0.29) is 29.9 Å². The molecule has 4 N–H and O–H groups in total. The molecule has 0 heterocycles. The molecule has 3 nitrogen and oxygen atoms in total. The minimum atomic E-state index is -5.37. The van der Waals surface area contributed by atoms with Crippen LogP contribution < -0.4 is 11.1 Å². The van der Waals surface area contributed by atoms with Crippen LogP contribution in [-0.2, 0) is 18.2 Å². The molecular weight excluding hydrogens is 405 g/mol. The molecule has 2 atom stereocenters. The van der Waals surface area contributed by atoms with E-state index in [0.29, 0.717) is 12.8 Å². The molecule has 1 aliphatic rings. The quantitative estimate of drug-likeness (QED) is 0.629. The molecule has 0 aromatic heterocycles. The van der Waals surface area contributed by atoms with E-state index >= 15 is 0 Å². The Balaban J connectivity index is 1.94. The first-order chi connectivity index (χ1) is 13.3. The number of benzene rings is 2. The Bertz CT molecular complexity index is 910. The van der Waals surface area contributed by atoms with Gasteiger partial charge in [-0.25, -0.2) is 4.39 Å². The Morgan fingerprint density at radius 2 is 1.66 bits per heavy atom. The maximum atomic E-state index is 13.6. The highest BCUT2D eigenvalue weighted by atomic mass is 19.4. The van der Waals surface area contributed by atoms with Gasteiger partial charge in [-0.2, -0.15) is 26.3 Å². The number of nitrogens with one attached hydrogen (secondary N) is 1. The maximum absolute atomic E-state index is 13.6. The van der Waals surface area contributed by atoms with Crippen molar-refractivity contribution in [2.24, 2.45) is 5.73 Å². The molecule has 0 fully saturated rings. The molecule has 3 rings (SSSR count). The zero-order valence-corrected chi connectivity index (χ0v) is 14.8. The molecular formula is C19H17F7N2O. The fraction of sp³-hybridized carbons (Fsp3) is 0.368. The summed E-state index contributed by atoms with van der Waals surface area (Å²) < 4.78 is 93.1. The second-order valence-electron chi connectivity index (χ2n) is 7.00. The zero-order valence-electron chi connectivity index (χ0n) is 14.8. The lowest BCUT2D eigenvalue weighted by atomic mass is 9.91. The molecule has 0 aliphatic heterocycles. The van der Waals surface area contributed by atoms with Crippen molar-refractivity contribution in [2.45, 2.75) is 36.8 Å². The molecule has 1 aliphatic carbocycles. The number of anilines is 1. The van der Waals surface area contributed by atoms with E-state index in [1.165, 1.54) is 6.07 Å². The predicted octanol–water partition coefficient (Wildman–Crippen LogP) is 4.65. The van der Waals surface area contributed by atoms with E-state index in [4.69, 9.17) is 5.73 Å². The number of aryl methyl sites for hydroxylation is 1. The van der Waals surface area contributed by atoms with E-state index in [9.17, 15) is 35.8 Å². The molecule has 0 radical (unpaired) electrons. The van der Waals surface area contributed by atoms with Gasteiger partial charge < -0.3 is 16.2 Å². The third-order valence-electron chi connectivity index (χ3n) is 4.99. The van der Waals surface area contributed by atoms with Gasteiger partial charge in [-0.1, -0.05) is 6.07 Å². The van der Waals surface area contributed by atoms with Gasteiger partial charge in [0.25, 0.3) is 0 Å².